The Balaban J connectivity index is 2.59. The van der Waals surface area contributed by atoms with Gasteiger partial charge in [-0.25, -0.2) is 0 Å². The Kier molecular flexibility index (Phi) is 3.22. The Morgan fingerprint density at radius 2 is 2.06 bits per heavy atom. The number of rotatable bonds is 3. The summed E-state index contributed by atoms with van der Waals surface area (Å²) in [5, 5.41) is 5.26. The molecule has 2 N–H and O–H groups in total. The van der Waals surface area contributed by atoms with E-state index in [1.54, 1.807) is 0 Å². The van der Waals surface area contributed by atoms with Gasteiger partial charge < -0.3 is 10.3 Å². The van der Waals surface area contributed by atoms with Crippen molar-refractivity contribution in [1.82, 2.24) is 10.3 Å². The minimum atomic E-state index is 0.814. The highest BCUT2D eigenvalue weighted by Crippen LogP contribution is 2.29. The van der Waals surface area contributed by atoms with Crippen molar-refractivity contribution in [1.29, 1.82) is 0 Å². The van der Waals surface area contributed by atoms with Crippen LogP contribution in [0.4, 0.5) is 0 Å². The fourth-order valence-electron chi connectivity index (χ4n) is 2.14. The third-order valence-electron chi connectivity index (χ3n) is 2.95. The molecule has 2 aromatic rings. The maximum absolute atomic E-state index is 6.23. The van der Waals surface area contributed by atoms with Crippen LogP contribution in [0.2, 0.25) is 5.02 Å². The van der Waals surface area contributed by atoms with E-state index in [2.05, 4.69) is 30.2 Å². The molecule has 1 heterocycles. The van der Waals surface area contributed by atoms with E-state index < -0.39 is 0 Å². The zero-order chi connectivity index (χ0) is 11.7. The monoisotopic (exact) mass is 236 g/mol. The molecule has 0 saturated carbocycles. The Labute approximate surface area is 101 Å². The number of aryl methyl sites for hydroxylation is 2. The molecule has 2 nitrogen and oxygen atoms in total. The highest BCUT2D eigenvalue weighted by Gasteiger charge is 2.10. The Morgan fingerprint density at radius 1 is 1.31 bits per heavy atom. The maximum atomic E-state index is 6.23. The van der Waals surface area contributed by atoms with Crippen molar-refractivity contribution >= 4 is 22.5 Å². The minimum absolute atomic E-state index is 0.814. The summed E-state index contributed by atoms with van der Waals surface area (Å²) in [7, 11) is 1.97. The van der Waals surface area contributed by atoms with Gasteiger partial charge in [0.05, 0.1) is 10.5 Å². The third-order valence-corrected chi connectivity index (χ3v) is 3.25. The average Bonchev–Trinajstić information content (AvgIpc) is 2.53. The van der Waals surface area contributed by atoms with Crippen LogP contribution in [0, 0.1) is 13.8 Å². The molecule has 0 unspecified atom stereocenters. The summed E-state index contributed by atoms with van der Waals surface area (Å²) in [4.78, 5) is 3.37. The number of likely N-dealkylation sites (N-methyl/N-ethyl adjacent to an activating group) is 1. The summed E-state index contributed by atoms with van der Waals surface area (Å²) >= 11 is 6.23. The normalized spacial score (nSPS) is 11.2. The number of fused-ring (bicyclic) bond motifs is 1. The van der Waals surface area contributed by atoms with Crippen molar-refractivity contribution in [3.63, 3.8) is 0 Å². The molecular weight excluding hydrogens is 220 g/mol. The van der Waals surface area contributed by atoms with E-state index in [1.165, 1.54) is 22.2 Å². The van der Waals surface area contributed by atoms with Gasteiger partial charge in [0.2, 0.25) is 0 Å². The molecule has 0 spiro atoms. The van der Waals surface area contributed by atoms with Crippen LogP contribution in [0.15, 0.2) is 12.1 Å². The summed E-state index contributed by atoms with van der Waals surface area (Å²) in [5.41, 5.74) is 4.87. The molecule has 2 rings (SSSR count). The van der Waals surface area contributed by atoms with Crippen molar-refractivity contribution in [2.24, 2.45) is 0 Å². The molecule has 0 fully saturated rings. The molecule has 1 aromatic carbocycles. The summed E-state index contributed by atoms with van der Waals surface area (Å²) in [6, 6.07) is 4.21. The number of halogens is 1. The van der Waals surface area contributed by atoms with Crippen LogP contribution in [0.3, 0.4) is 0 Å². The Bertz CT molecular complexity index is 514. The number of H-pyrrole nitrogens is 1. The molecule has 0 amide bonds. The second kappa shape index (κ2) is 4.48. The maximum Gasteiger partial charge on any atom is 0.0649 e. The first-order chi connectivity index (χ1) is 7.63. The lowest BCUT2D eigenvalue weighted by molar-refractivity contribution is 0.791. The number of aromatic amines is 1. The standard InChI is InChI=1S/C13H17ClN2/c1-8-6-11-10(4-5-15-3)9(2)16-13(11)12(14)7-8/h6-7,15-16H,4-5H2,1-3H3. The second-order valence-electron chi connectivity index (χ2n) is 4.25. The van der Waals surface area contributed by atoms with Gasteiger partial charge >= 0.3 is 0 Å². The first-order valence-electron chi connectivity index (χ1n) is 5.55. The van der Waals surface area contributed by atoms with Gasteiger partial charge in [0.1, 0.15) is 0 Å². The van der Waals surface area contributed by atoms with Crippen molar-refractivity contribution in [3.05, 3.63) is 34.0 Å². The van der Waals surface area contributed by atoms with Gasteiger partial charge in [-0.1, -0.05) is 11.6 Å². The van der Waals surface area contributed by atoms with E-state index in [4.69, 9.17) is 11.6 Å². The van der Waals surface area contributed by atoms with Gasteiger partial charge in [0.25, 0.3) is 0 Å². The van der Waals surface area contributed by atoms with Gasteiger partial charge in [-0.3, -0.25) is 0 Å². The molecule has 0 aliphatic rings. The largest absolute Gasteiger partial charge is 0.357 e. The highest BCUT2D eigenvalue weighted by molar-refractivity contribution is 6.35. The fraction of sp³-hybridized carbons (Fsp3) is 0.385. The van der Waals surface area contributed by atoms with Crippen molar-refractivity contribution in [3.8, 4) is 0 Å². The average molecular weight is 237 g/mol. The lowest BCUT2D eigenvalue weighted by atomic mass is 10.1. The summed E-state index contributed by atoms with van der Waals surface area (Å²) in [6.07, 6.45) is 1.03. The van der Waals surface area contributed by atoms with Crippen LogP contribution in [0.5, 0.6) is 0 Å². The molecule has 0 aliphatic heterocycles. The third kappa shape index (κ3) is 1.95. The van der Waals surface area contributed by atoms with Crippen LogP contribution < -0.4 is 5.32 Å². The van der Waals surface area contributed by atoms with Crippen LogP contribution in [-0.4, -0.2) is 18.6 Å². The number of hydrogen-bond donors (Lipinski definition) is 2. The quantitative estimate of drug-likeness (QED) is 0.842. The topological polar surface area (TPSA) is 27.8 Å². The number of aromatic nitrogens is 1. The molecule has 3 heteroatoms. The lowest BCUT2D eigenvalue weighted by Crippen LogP contribution is -2.10. The smallest absolute Gasteiger partial charge is 0.0649 e. The summed E-state index contributed by atoms with van der Waals surface area (Å²) in [5.74, 6) is 0. The first-order valence-corrected chi connectivity index (χ1v) is 5.93. The van der Waals surface area contributed by atoms with Crippen LogP contribution in [0.1, 0.15) is 16.8 Å². The zero-order valence-electron chi connectivity index (χ0n) is 9.95. The van der Waals surface area contributed by atoms with E-state index in [0.29, 0.717) is 0 Å². The van der Waals surface area contributed by atoms with Crippen LogP contribution in [-0.2, 0) is 6.42 Å². The van der Waals surface area contributed by atoms with Crippen molar-refractivity contribution < 1.29 is 0 Å². The first kappa shape index (κ1) is 11.5. The van der Waals surface area contributed by atoms with E-state index in [-0.39, 0.29) is 0 Å². The molecule has 0 bridgehead atoms. The molecule has 16 heavy (non-hydrogen) atoms. The van der Waals surface area contributed by atoms with Gasteiger partial charge in [0.15, 0.2) is 0 Å². The molecular formula is C13H17ClN2. The molecule has 0 aliphatic carbocycles. The van der Waals surface area contributed by atoms with Crippen molar-refractivity contribution in [2.75, 3.05) is 13.6 Å². The Hall–Kier alpha value is -0.990. The summed E-state index contributed by atoms with van der Waals surface area (Å²) < 4.78 is 0. The molecule has 86 valence electrons. The molecule has 1 aromatic heterocycles. The number of benzene rings is 1. The molecule has 0 saturated heterocycles. The van der Waals surface area contributed by atoms with Crippen LogP contribution >= 0.6 is 11.6 Å². The summed E-state index contributed by atoms with van der Waals surface area (Å²) in [6.45, 7) is 5.17. The molecule has 0 radical (unpaired) electrons. The van der Waals surface area contributed by atoms with E-state index in [0.717, 1.165) is 23.5 Å². The fourth-order valence-corrected chi connectivity index (χ4v) is 2.47. The lowest BCUT2D eigenvalue weighted by Gasteiger charge is -2.02. The van der Waals surface area contributed by atoms with Gasteiger partial charge in [-0.15, -0.1) is 0 Å². The number of nitrogens with one attached hydrogen (secondary N) is 2. The van der Waals surface area contributed by atoms with Crippen molar-refractivity contribution in [2.45, 2.75) is 20.3 Å². The minimum Gasteiger partial charge on any atom is -0.357 e. The van der Waals surface area contributed by atoms with Gasteiger partial charge in [-0.2, -0.15) is 0 Å². The zero-order valence-corrected chi connectivity index (χ0v) is 10.7. The van der Waals surface area contributed by atoms with Gasteiger partial charge in [-0.05, 0) is 57.1 Å². The molecule has 0 atom stereocenters. The van der Waals surface area contributed by atoms with E-state index >= 15 is 0 Å². The van der Waals surface area contributed by atoms with E-state index in [1.807, 2.05) is 13.1 Å². The van der Waals surface area contributed by atoms with Crippen LogP contribution in [0.25, 0.3) is 10.9 Å². The predicted molar refractivity (Wildman–Crippen MR) is 70.4 cm³/mol. The predicted octanol–water partition coefficient (Wildman–Crippen LogP) is 3.20. The second-order valence-corrected chi connectivity index (χ2v) is 4.66. The highest BCUT2D eigenvalue weighted by atomic mass is 35.5. The van der Waals surface area contributed by atoms with Gasteiger partial charge in [0, 0.05) is 11.1 Å². The number of hydrogen-bond acceptors (Lipinski definition) is 1. The SMILES string of the molecule is CNCCc1c(C)[nH]c2c(Cl)cc(C)cc12. The van der Waals surface area contributed by atoms with E-state index in [9.17, 15) is 0 Å². The Morgan fingerprint density at radius 3 is 2.75 bits per heavy atom.